The van der Waals surface area contributed by atoms with Crippen molar-refractivity contribution >= 4 is 14.8 Å². The molecule has 8 heteroatoms. The molecular weight excluding hydrogens is 320 g/mol. The van der Waals surface area contributed by atoms with Gasteiger partial charge in [-0.2, -0.15) is 0 Å². The third-order valence-electron chi connectivity index (χ3n) is 3.48. The molecule has 23 heavy (non-hydrogen) atoms. The number of rotatable bonds is 10. The number of aromatic hydroxyl groups is 1. The topological polar surface area (TPSA) is 94.5 Å². The van der Waals surface area contributed by atoms with Crippen molar-refractivity contribution in [3.63, 3.8) is 0 Å². The van der Waals surface area contributed by atoms with Gasteiger partial charge in [0.25, 0.3) is 0 Å². The van der Waals surface area contributed by atoms with Gasteiger partial charge in [0.05, 0.1) is 6.10 Å². The minimum atomic E-state index is -2.64. The molecule has 1 aromatic carbocycles. The van der Waals surface area contributed by atoms with Crippen LogP contribution in [0.3, 0.4) is 0 Å². The fourth-order valence-electron chi connectivity index (χ4n) is 2.09. The minimum absolute atomic E-state index is 0.0734. The molecule has 130 valence electrons. The first-order valence-corrected chi connectivity index (χ1v) is 9.20. The van der Waals surface area contributed by atoms with Crippen LogP contribution in [0.4, 0.5) is 0 Å². The summed E-state index contributed by atoms with van der Waals surface area (Å²) in [6.45, 7) is -0.144. The Bertz CT molecular complexity index is 482. The summed E-state index contributed by atoms with van der Waals surface area (Å²) in [6.07, 6.45) is 0.220. The van der Waals surface area contributed by atoms with Crippen molar-refractivity contribution in [3.05, 3.63) is 29.8 Å². The van der Waals surface area contributed by atoms with Gasteiger partial charge in [-0.05, 0) is 25.0 Å². The van der Waals surface area contributed by atoms with Gasteiger partial charge in [-0.15, -0.1) is 0 Å². The first kappa shape index (κ1) is 19.6. The van der Waals surface area contributed by atoms with Crippen LogP contribution in [-0.2, 0) is 18.0 Å². The highest BCUT2D eigenvalue weighted by Crippen LogP contribution is 2.19. The van der Waals surface area contributed by atoms with Gasteiger partial charge < -0.3 is 28.2 Å². The lowest BCUT2D eigenvalue weighted by Gasteiger charge is -2.24. The lowest BCUT2D eigenvalue weighted by Crippen LogP contribution is -2.42. The lowest BCUT2D eigenvalue weighted by atomic mass is 10.2. The Morgan fingerprint density at radius 2 is 1.78 bits per heavy atom. The normalized spacial score (nSPS) is 12.9. The number of aliphatic hydroxyl groups excluding tert-OH is 1. The van der Waals surface area contributed by atoms with Crippen LogP contribution < -0.4 is 0 Å². The Labute approximate surface area is 137 Å². The van der Waals surface area contributed by atoms with E-state index in [1.807, 2.05) is 0 Å². The van der Waals surface area contributed by atoms with Crippen LogP contribution in [0, 0.1) is 0 Å². The number of phenolic OH excluding ortho intramolecular Hbond substituents is 1. The van der Waals surface area contributed by atoms with Crippen LogP contribution in [0.5, 0.6) is 5.75 Å². The SMILES string of the molecule is CO[Si](CCCC(O)COC(=O)c1ccccc1O)(OC)OC. The summed E-state index contributed by atoms with van der Waals surface area (Å²) in [5.41, 5.74) is 0.0734. The van der Waals surface area contributed by atoms with Crippen LogP contribution in [0.25, 0.3) is 0 Å². The molecule has 1 atom stereocenters. The van der Waals surface area contributed by atoms with E-state index in [4.69, 9.17) is 18.0 Å². The molecule has 0 heterocycles. The standard InChI is InChI=1S/C15H24O7Si/c1-19-23(20-2,21-3)10-6-7-12(16)11-22-15(18)13-8-4-5-9-14(13)17/h4-5,8-9,12,16-17H,6-7,10-11H2,1-3H3. The average Bonchev–Trinajstić information content (AvgIpc) is 2.57. The van der Waals surface area contributed by atoms with E-state index in [-0.39, 0.29) is 17.9 Å². The molecule has 0 bridgehead atoms. The molecule has 7 nitrogen and oxygen atoms in total. The monoisotopic (exact) mass is 344 g/mol. The van der Waals surface area contributed by atoms with Crippen molar-refractivity contribution in [3.8, 4) is 5.75 Å². The first-order chi connectivity index (χ1) is 11.0. The molecule has 2 N–H and O–H groups in total. The molecule has 1 rings (SSSR count). The molecule has 1 unspecified atom stereocenters. The Kier molecular flexibility index (Phi) is 8.21. The predicted molar refractivity (Wildman–Crippen MR) is 85.2 cm³/mol. The molecule has 0 aliphatic carbocycles. The van der Waals surface area contributed by atoms with Crippen LogP contribution in [0.15, 0.2) is 24.3 Å². The van der Waals surface area contributed by atoms with E-state index in [2.05, 4.69) is 0 Å². The maximum absolute atomic E-state index is 11.8. The van der Waals surface area contributed by atoms with Crippen molar-refractivity contribution in [2.45, 2.75) is 25.0 Å². The Morgan fingerprint density at radius 1 is 1.17 bits per heavy atom. The average molecular weight is 344 g/mol. The van der Waals surface area contributed by atoms with Gasteiger partial charge in [-0.3, -0.25) is 0 Å². The van der Waals surface area contributed by atoms with Crippen LogP contribution in [-0.4, -0.2) is 59.0 Å². The Morgan fingerprint density at radius 3 is 2.35 bits per heavy atom. The lowest BCUT2D eigenvalue weighted by molar-refractivity contribution is 0.0229. The number of benzene rings is 1. The first-order valence-electron chi connectivity index (χ1n) is 7.26. The van der Waals surface area contributed by atoms with E-state index in [1.54, 1.807) is 12.1 Å². The second-order valence-electron chi connectivity index (χ2n) is 4.96. The van der Waals surface area contributed by atoms with Gasteiger partial charge in [0.15, 0.2) is 0 Å². The molecule has 0 radical (unpaired) electrons. The summed E-state index contributed by atoms with van der Waals surface area (Å²) in [5, 5.41) is 19.4. The number of aliphatic hydroxyl groups is 1. The number of para-hydroxylation sites is 1. The molecule has 0 saturated heterocycles. The smallest absolute Gasteiger partial charge is 0.500 e. The number of carbonyl (C=O) groups is 1. The van der Waals surface area contributed by atoms with E-state index in [9.17, 15) is 15.0 Å². The van der Waals surface area contributed by atoms with Gasteiger partial charge in [0.1, 0.15) is 17.9 Å². The molecule has 0 amide bonds. The number of hydrogen-bond donors (Lipinski definition) is 2. The van der Waals surface area contributed by atoms with Crippen LogP contribution in [0.2, 0.25) is 6.04 Å². The summed E-state index contributed by atoms with van der Waals surface area (Å²) >= 11 is 0. The largest absolute Gasteiger partial charge is 0.507 e. The quantitative estimate of drug-likeness (QED) is 0.491. The fourth-order valence-corrected chi connectivity index (χ4v) is 3.84. The molecule has 0 spiro atoms. The molecule has 0 fully saturated rings. The van der Waals surface area contributed by atoms with Crippen molar-refractivity contribution < 1.29 is 33.0 Å². The zero-order valence-electron chi connectivity index (χ0n) is 13.7. The molecule has 0 aliphatic rings. The summed E-state index contributed by atoms with van der Waals surface area (Å²) in [4.78, 5) is 11.8. The van der Waals surface area contributed by atoms with Crippen molar-refractivity contribution in [2.24, 2.45) is 0 Å². The summed E-state index contributed by atoms with van der Waals surface area (Å²) < 4.78 is 20.9. The highest BCUT2D eigenvalue weighted by molar-refractivity contribution is 6.60. The Balaban J connectivity index is 2.36. The van der Waals surface area contributed by atoms with Crippen molar-refractivity contribution in [1.29, 1.82) is 0 Å². The summed E-state index contributed by atoms with van der Waals surface area (Å²) in [5.74, 6) is -0.820. The predicted octanol–water partition coefficient (Wildman–Crippen LogP) is 1.57. The number of phenols is 1. The molecular formula is C15H24O7Si. The maximum Gasteiger partial charge on any atom is 0.500 e. The number of carbonyl (C=O) groups excluding carboxylic acids is 1. The Hall–Kier alpha value is -1.45. The zero-order chi connectivity index (χ0) is 17.3. The third kappa shape index (κ3) is 5.92. The summed E-state index contributed by atoms with van der Waals surface area (Å²) in [7, 11) is 1.95. The second kappa shape index (κ2) is 9.63. The van der Waals surface area contributed by atoms with E-state index in [0.717, 1.165) is 0 Å². The van der Waals surface area contributed by atoms with Gasteiger partial charge in [-0.1, -0.05) is 12.1 Å². The van der Waals surface area contributed by atoms with Gasteiger partial charge in [0, 0.05) is 27.4 Å². The number of esters is 1. The molecule has 0 saturated carbocycles. The van der Waals surface area contributed by atoms with E-state index >= 15 is 0 Å². The van der Waals surface area contributed by atoms with E-state index in [1.165, 1.54) is 33.5 Å². The fraction of sp³-hybridized carbons (Fsp3) is 0.533. The number of hydrogen-bond acceptors (Lipinski definition) is 7. The van der Waals surface area contributed by atoms with Crippen LogP contribution >= 0.6 is 0 Å². The number of ether oxygens (including phenoxy) is 1. The molecule has 1 aromatic rings. The highest BCUT2D eigenvalue weighted by atomic mass is 28.4. The van der Waals surface area contributed by atoms with Gasteiger partial charge >= 0.3 is 14.8 Å². The molecule has 0 aromatic heterocycles. The maximum atomic E-state index is 11.8. The third-order valence-corrected chi connectivity index (χ3v) is 6.32. The van der Waals surface area contributed by atoms with E-state index in [0.29, 0.717) is 18.9 Å². The van der Waals surface area contributed by atoms with Crippen molar-refractivity contribution in [2.75, 3.05) is 27.9 Å². The highest BCUT2D eigenvalue weighted by Gasteiger charge is 2.37. The van der Waals surface area contributed by atoms with Crippen LogP contribution in [0.1, 0.15) is 23.2 Å². The van der Waals surface area contributed by atoms with Gasteiger partial charge in [0.2, 0.25) is 0 Å². The van der Waals surface area contributed by atoms with Gasteiger partial charge in [-0.25, -0.2) is 4.79 Å². The van der Waals surface area contributed by atoms with Crippen molar-refractivity contribution in [1.82, 2.24) is 0 Å². The second-order valence-corrected chi connectivity index (χ2v) is 8.05. The zero-order valence-corrected chi connectivity index (χ0v) is 14.7. The minimum Gasteiger partial charge on any atom is -0.507 e. The van der Waals surface area contributed by atoms with E-state index < -0.39 is 20.9 Å². The summed E-state index contributed by atoms with van der Waals surface area (Å²) in [6, 6.07) is 6.65. The molecule has 0 aliphatic heterocycles.